The molecule has 2 fully saturated rings. The zero-order valence-electron chi connectivity index (χ0n) is 18.8. The fraction of sp³-hybridized carbons (Fsp3) is 0.480. The summed E-state index contributed by atoms with van der Waals surface area (Å²) in [5.41, 5.74) is -0.413. The molecule has 1 aromatic carbocycles. The molecule has 0 unspecified atom stereocenters. The third kappa shape index (κ3) is 4.54. The summed E-state index contributed by atoms with van der Waals surface area (Å²) in [7, 11) is 1.59. The van der Waals surface area contributed by atoms with Gasteiger partial charge in [-0.05, 0) is 42.7 Å². The number of ether oxygens (including phenoxy) is 1. The van der Waals surface area contributed by atoms with Crippen LogP contribution in [0, 0.1) is 5.92 Å². The van der Waals surface area contributed by atoms with Crippen LogP contribution in [0.3, 0.4) is 0 Å². The van der Waals surface area contributed by atoms with Crippen molar-refractivity contribution in [2.24, 2.45) is 5.92 Å². The summed E-state index contributed by atoms with van der Waals surface area (Å²) < 4.78 is 5.21. The first-order valence-electron chi connectivity index (χ1n) is 11.4. The number of likely N-dealkylation sites (tertiary alicyclic amines) is 2. The normalized spacial score (nSPS) is 25.4. The molecule has 1 aromatic heterocycles. The van der Waals surface area contributed by atoms with Gasteiger partial charge in [0, 0.05) is 25.1 Å². The lowest BCUT2D eigenvalue weighted by molar-refractivity contribution is -0.153. The topological polar surface area (TPSA) is 87.2 Å². The van der Waals surface area contributed by atoms with Crippen LogP contribution in [0.4, 0.5) is 0 Å². The van der Waals surface area contributed by atoms with Gasteiger partial charge in [-0.15, -0.1) is 11.3 Å². The first kappa shape index (κ1) is 23.4. The van der Waals surface area contributed by atoms with Crippen molar-refractivity contribution in [3.63, 3.8) is 0 Å². The predicted octanol–water partition coefficient (Wildman–Crippen LogP) is 3.36. The number of hydrogen-bond donors (Lipinski definition) is 1. The molecule has 0 aliphatic carbocycles. The van der Waals surface area contributed by atoms with Gasteiger partial charge < -0.3 is 19.6 Å². The lowest BCUT2D eigenvalue weighted by Gasteiger charge is -2.41. The van der Waals surface area contributed by atoms with E-state index >= 15 is 0 Å². The van der Waals surface area contributed by atoms with Gasteiger partial charge in [-0.25, -0.2) is 0 Å². The Bertz CT molecular complexity index is 980. The SMILES string of the molecule is COCCN1CCCC[C@]2(C[C@H](C(=O)O)[C@H](c3ccccc3)N2C(=O)Cc2cccs2)C1=O. The first-order valence-corrected chi connectivity index (χ1v) is 12.3. The van der Waals surface area contributed by atoms with Gasteiger partial charge in [-0.1, -0.05) is 36.4 Å². The van der Waals surface area contributed by atoms with Gasteiger partial charge in [-0.3, -0.25) is 14.4 Å². The Morgan fingerprint density at radius 1 is 1.18 bits per heavy atom. The molecule has 1 N–H and O–H groups in total. The van der Waals surface area contributed by atoms with Crippen LogP contribution in [0.15, 0.2) is 47.8 Å². The molecule has 4 rings (SSSR count). The fourth-order valence-corrected chi connectivity index (χ4v) is 6.06. The summed E-state index contributed by atoms with van der Waals surface area (Å²) >= 11 is 1.49. The van der Waals surface area contributed by atoms with Gasteiger partial charge in [-0.2, -0.15) is 0 Å². The molecule has 7 nitrogen and oxygen atoms in total. The van der Waals surface area contributed by atoms with Crippen LogP contribution in [0.2, 0.25) is 0 Å². The molecule has 2 amide bonds. The van der Waals surface area contributed by atoms with Crippen LogP contribution >= 0.6 is 11.3 Å². The van der Waals surface area contributed by atoms with E-state index in [1.54, 1.807) is 16.9 Å². The quantitative estimate of drug-likeness (QED) is 0.671. The maximum atomic E-state index is 14.0. The Morgan fingerprint density at radius 3 is 2.64 bits per heavy atom. The average molecular weight is 471 g/mol. The van der Waals surface area contributed by atoms with Gasteiger partial charge in [0.25, 0.3) is 0 Å². The van der Waals surface area contributed by atoms with Crippen LogP contribution in [0.1, 0.15) is 42.2 Å². The molecule has 2 aliphatic rings. The number of carboxylic acids is 1. The van der Waals surface area contributed by atoms with Crippen molar-refractivity contribution in [3.8, 4) is 0 Å². The summed E-state index contributed by atoms with van der Waals surface area (Å²) in [4.78, 5) is 44.7. The molecule has 1 spiro atoms. The minimum atomic E-state index is -1.16. The minimum absolute atomic E-state index is 0.125. The molecular formula is C25H30N2O5S. The van der Waals surface area contributed by atoms with Crippen molar-refractivity contribution in [1.82, 2.24) is 9.80 Å². The van der Waals surface area contributed by atoms with E-state index < -0.39 is 23.5 Å². The number of carbonyl (C=O) groups excluding carboxylic acids is 2. The van der Waals surface area contributed by atoms with E-state index in [4.69, 9.17) is 4.74 Å². The highest BCUT2D eigenvalue weighted by molar-refractivity contribution is 7.10. The van der Waals surface area contributed by atoms with Crippen LogP contribution in [-0.4, -0.2) is 65.0 Å². The van der Waals surface area contributed by atoms with Crippen LogP contribution in [0.5, 0.6) is 0 Å². The summed E-state index contributed by atoms with van der Waals surface area (Å²) in [6, 6.07) is 12.4. The number of nitrogens with zero attached hydrogens (tertiary/aromatic N) is 2. The predicted molar refractivity (Wildman–Crippen MR) is 125 cm³/mol. The molecule has 0 saturated carbocycles. The summed E-state index contributed by atoms with van der Waals surface area (Å²) in [6.45, 7) is 1.41. The molecule has 176 valence electrons. The number of hydrogen-bond acceptors (Lipinski definition) is 5. The molecular weight excluding hydrogens is 440 g/mol. The number of aliphatic carboxylic acids is 1. The van der Waals surface area contributed by atoms with E-state index in [1.165, 1.54) is 11.3 Å². The number of benzene rings is 1. The zero-order valence-corrected chi connectivity index (χ0v) is 19.6. The number of amides is 2. The average Bonchev–Trinajstić information content (AvgIpc) is 3.41. The highest BCUT2D eigenvalue weighted by atomic mass is 32.1. The smallest absolute Gasteiger partial charge is 0.309 e. The van der Waals surface area contributed by atoms with E-state index in [9.17, 15) is 19.5 Å². The summed E-state index contributed by atoms with van der Waals surface area (Å²) in [5, 5.41) is 12.1. The lowest BCUT2D eigenvalue weighted by Crippen LogP contribution is -2.58. The molecule has 33 heavy (non-hydrogen) atoms. The Balaban J connectivity index is 1.81. The number of carboxylic acid groups (broad SMARTS) is 1. The first-order chi connectivity index (χ1) is 16.0. The molecule has 2 saturated heterocycles. The maximum absolute atomic E-state index is 14.0. The third-order valence-corrected chi connectivity index (χ3v) is 7.71. The molecule has 0 bridgehead atoms. The van der Waals surface area contributed by atoms with E-state index in [2.05, 4.69) is 0 Å². The fourth-order valence-electron chi connectivity index (χ4n) is 5.37. The van der Waals surface area contributed by atoms with E-state index in [0.717, 1.165) is 23.3 Å². The monoisotopic (exact) mass is 470 g/mol. The summed E-state index contributed by atoms with van der Waals surface area (Å²) in [5.74, 6) is -2.18. The van der Waals surface area contributed by atoms with E-state index in [-0.39, 0.29) is 24.7 Å². The number of carbonyl (C=O) groups is 3. The highest BCUT2D eigenvalue weighted by Gasteiger charge is 2.61. The number of thiophene rings is 1. The maximum Gasteiger partial charge on any atom is 0.309 e. The highest BCUT2D eigenvalue weighted by Crippen LogP contribution is 2.51. The van der Waals surface area contributed by atoms with E-state index in [1.807, 2.05) is 47.8 Å². The largest absolute Gasteiger partial charge is 0.481 e. The molecule has 2 aromatic rings. The van der Waals surface area contributed by atoms with Gasteiger partial charge in [0.1, 0.15) is 5.54 Å². The Kier molecular flexibility index (Phi) is 7.14. The Hall–Kier alpha value is -2.71. The minimum Gasteiger partial charge on any atom is -0.481 e. The van der Waals surface area contributed by atoms with Gasteiger partial charge in [0.2, 0.25) is 11.8 Å². The second-order valence-electron chi connectivity index (χ2n) is 8.80. The van der Waals surface area contributed by atoms with E-state index in [0.29, 0.717) is 26.1 Å². The number of rotatable bonds is 7. The molecule has 3 heterocycles. The van der Waals surface area contributed by atoms with Crippen molar-refractivity contribution < 1.29 is 24.2 Å². The van der Waals surface area contributed by atoms with Crippen molar-refractivity contribution >= 4 is 29.1 Å². The number of methoxy groups -OCH3 is 1. The second-order valence-corrected chi connectivity index (χ2v) is 9.83. The summed E-state index contributed by atoms with van der Waals surface area (Å²) in [6.07, 6.45) is 2.32. The van der Waals surface area contributed by atoms with Crippen molar-refractivity contribution in [1.29, 1.82) is 0 Å². The standard InChI is InChI=1S/C25H30N2O5S/c1-32-14-13-26-12-6-5-11-25(24(26)31)17-20(23(29)30)22(18-8-3-2-4-9-18)27(25)21(28)16-19-10-7-15-33-19/h2-4,7-10,15,20,22H,5-6,11-14,16-17H2,1H3,(H,29,30)/t20-,22-,25-/m0/s1. The van der Waals surface area contributed by atoms with Crippen molar-refractivity contribution in [2.75, 3.05) is 26.8 Å². The molecule has 2 aliphatic heterocycles. The molecule has 3 atom stereocenters. The molecule has 8 heteroatoms. The second kappa shape index (κ2) is 10.1. The van der Waals surface area contributed by atoms with Crippen LogP contribution in [-0.2, 0) is 25.5 Å². The van der Waals surface area contributed by atoms with Crippen molar-refractivity contribution in [2.45, 2.75) is 43.7 Å². The third-order valence-electron chi connectivity index (χ3n) is 6.83. The van der Waals surface area contributed by atoms with Crippen LogP contribution < -0.4 is 0 Å². The van der Waals surface area contributed by atoms with Gasteiger partial charge in [0.15, 0.2) is 0 Å². The Labute approximate surface area is 198 Å². The zero-order chi connectivity index (χ0) is 23.4. The van der Waals surface area contributed by atoms with Gasteiger partial charge in [0.05, 0.1) is 25.0 Å². The Morgan fingerprint density at radius 2 is 1.97 bits per heavy atom. The van der Waals surface area contributed by atoms with Gasteiger partial charge >= 0.3 is 5.97 Å². The molecule has 0 radical (unpaired) electrons. The van der Waals surface area contributed by atoms with Crippen LogP contribution in [0.25, 0.3) is 0 Å². The van der Waals surface area contributed by atoms with Crippen molar-refractivity contribution in [3.05, 3.63) is 58.3 Å². The lowest BCUT2D eigenvalue weighted by atomic mass is 9.85.